The van der Waals surface area contributed by atoms with Crippen molar-refractivity contribution >= 4 is 33.4 Å². The van der Waals surface area contributed by atoms with E-state index in [0.29, 0.717) is 17.1 Å². The van der Waals surface area contributed by atoms with Crippen LogP contribution in [0.5, 0.6) is 0 Å². The first-order chi connectivity index (χ1) is 9.60. The predicted molar refractivity (Wildman–Crippen MR) is 86.3 cm³/mol. The molecule has 0 heterocycles. The Hall–Kier alpha value is -1.32. The summed E-state index contributed by atoms with van der Waals surface area (Å²) in [4.78, 5) is 14.0. The second-order valence-electron chi connectivity index (χ2n) is 4.62. The van der Waals surface area contributed by atoms with Crippen molar-refractivity contribution in [2.24, 2.45) is 0 Å². The number of carbonyl (C=O) groups excluding carboxylic acids is 1. The summed E-state index contributed by atoms with van der Waals surface area (Å²) in [6.07, 6.45) is 0. The van der Waals surface area contributed by atoms with E-state index in [-0.39, 0.29) is 5.91 Å². The van der Waals surface area contributed by atoms with E-state index in [9.17, 15) is 4.79 Å². The van der Waals surface area contributed by atoms with Gasteiger partial charge in [0.2, 0.25) is 0 Å². The summed E-state index contributed by atoms with van der Waals surface area (Å²) in [7, 11) is 1.80. The zero-order valence-electron chi connectivity index (χ0n) is 11.1. The molecule has 0 saturated carbocycles. The van der Waals surface area contributed by atoms with Crippen molar-refractivity contribution < 1.29 is 4.79 Å². The molecule has 20 heavy (non-hydrogen) atoms. The van der Waals surface area contributed by atoms with Gasteiger partial charge in [0.15, 0.2) is 0 Å². The summed E-state index contributed by atoms with van der Waals surface area (Å²) < 4.78 is 0. The molecule has 2 aromatic carbocycles. The molecule has 2 nitrogen and oxygen atoms in total. The van der Waals surface area contributed by atoms with Gasteiger partial charge in [-0.2, -0.15) is 0 Å². The van der Waals surface area contributed by atoms with Crippen LogP contribution in [0.1, 0.15) is 21.5 Å². The van der Waals surface area contributed by atoms with Crippen molar-refractivity contribution in [2.75, 3.05) is 7.05 Å². The monoisotopic (exact) mass is 351 g/mol. The number of alkyl halides is 1. The molecule has 0 aliphatic carbocycles. The van der Waals surface area contributed by atoms with Crippen LogP contribution in [0.25, 0.3) is 0 Å². The molecule has 0 radical (unpaired) electrons. The maximum absolute atomic E-state index is 12.3. The summed E-state index contributed by atoms with van der Waals surface area (Å²) in [6, 6.07) is 15.2. The van der Waals surface area contributed by atoms with Crippen molar-refractivity contribution in [3.8, 4) is 0 Å². The van der Waals surface area contributed by atoms with Crippen LogP contribution < -0.4 is 0 Å². The third kappa shape index (κ3) is 3.84. The van der Waals surface area contributed by atoms with Gasteiger partial charge in [0.05, 0.1) is 0 Å². The molecule has 104 valence electrons. The third-order valence-corrected chi connectivity index (χ3v) is 3.93. The third-order valence-electron chi connectivity index (χ3n) is 3.03. The Morgan fingerprint density at radius 1 is 1.05 bits per heavy atom. The Labute approximate surface area is 132 Å². The molecule has 0 spiro atoms. The second-order valence-corrected chi connectivity index (χ2v) is 5.62. The molecule has 0 aliphatic rings. The van der Waals surface area contributed by atoms with Gasteiger partial charge in [-0.25, -0.2) is 0 Å². The second kappa shape index (κ2) is 6.91. The van der Waals surface area contributed by atoms with Crippen LogP contribution in [0.3, 0.4) is 0 Å². The lowest BCUT2D eigenvalue weighted by molar-refractivity contribution is 0.0785. The van der Waals surface area contributed by atoms with Crippen molar-refractivity contribution in [2.45, 2.75) is 11.9 Å². The van der Waals surface area contributed by atoms with Gasteiger partial charge in [-0.05, 0) is 35.4 Å². The highest BCUT2D eigenvalue weighted by atomic mass is 79.9. The molecule has 2 rings (SSSR count). The fourth-order valence-corrected chi connectivity index (χ4v) is 2.39. The van der Waals surface area contributed by atoms with Gasteiger partial charge in [-0.15, -0.1) is 0 Å². The van der Waals surface area contributed by atoms with Crippen LogP contribution in [0.4, 0.5) is 0 Å². The smallest absolute Gasteiger partial charge is 0.253 e. The molecule has 0 N–H and O–H groups in total. The van der Waals surface area contributed by atoms with E-state index in [1.54, 1.807) is 11.9 Å². The Bertz CT molecular complexity index is 580. The van der Waals surface area contributed by atoms with Crippen LogP contribution in [0.15, 0.2) is 48.5 Å². The molecule has 1 amide bonds. The molecule has 0 aliphatic heterocycles. The Morgan fingerprint density at radius 2 is 1.60 bits per heavy atom. The molecule has 0 fully saturated rings. The first-order valence-corrected chi connectivity index (χ1v) is 7.75. The van der Waals surface area contributed by atoms with Crippen LogP contribution >= 0.6 is 27.5 Å². The Balaban J connectivity index is 2.05. The lowest BCUT2D eigenvalue weighted by atomic mass is 10.1. The number of hydrogen-bond acceptors (Lipinski definition) is 1. The Morgan fingerprint density at radius 3 is 2.15 bits per heavy atom. The van der Waals surface area contributed by atoms with Crippen LogP contribution in [-0.4, -0.2) is 17.9 Å². The van der Waals surface area contributed by atoms with E-state index in [1.807, 2.05) is 48.5 Å². The van der Waals surface area contributed by atoms with Gasteiger partial charge in [-0.1, -0.05) is 51.8 Å². The highest BCUT2D eigenvalue weighted by Crippen LogP contribution is 2.13. The largest absolute Gasteiger partial charge is 0.337 e. The topological polar surface area (TPSA) is 20.3 Å². The van der Waals surface area contributed by atoms with Crippen molar-refractivity contribution in [1.82, 2.24) is 4.90 Å². The maximum Gasteiger partial charge on any atom is 0.253 e. The first kappa shape index (κ1) is 15.1. The van der Waals surface area contributed by atoms with Gasteiger partial charge in [0.25, 0.3) is 5.91 Å². The minimum Gasteiger partial charge on any atom is -0.337 e. The van der Waals surface area contributed by atoms with E-state index in [2.05, 4.69) is 15.9 Å². The predicted octanol–water partition coefficient (Wildman–Crippen LogP) is 4.51. The van der Waals surface area contributed by atoms with E-state index >= 15 is 0 Å². The number of hydrogen-bond donors (Lipinski definition) is 0. The molecule has 2 aromatic rings. The minimum absolute atomic E-state index is 0.0149. The van der Waals surface area contributed by atoms with Crippen LogP contribution in [0.2, 0.25) is 5.02 Å². The molecular formula is C16H15BrClNO. The minimum atomic E-state index is 0.0149. The van der Waals surface area contributed by atoms with Gasteiger partial charge in [-0.3, -0.25) is 4.79 Å². The van der Waals surface area contributed by atoms with E-state index in [0.717, 1.165) is 16.5 Å². The Kier molecular flexibility index (Phi) is 5.21. The van der Waals surface area contributed by atoms with Gasteiger partial charge < -0.3 is 4.90 Å². The van der Waals surface area contributed by atoms with Crippen LogP contribution in [-0.2, 0) is 11.9 Å². The quantitative estimate of drug-likeness (QED) is 0.742. The molecule has 0 atom stereocenters. The number of rotatable bonds is 4. The molecule has 0 aromatic heterocycles. The summed E-state index contributed by atoms with van der Waals surface area (Å²) >= 11 is 9.24. The molecule has 0 bridgehead atoms. The number of amides is 1. The van der Waals surface area contributed by atoms with E-state index in [4.69, 9.17) is 11.6 Å². The SMILES string of the molecule is CN(Cc1ccc(Cl)cc1)C(=O)c1ccc(CBr)cc1. The van der Waals surface area contributed by atoms with Crippen molar-refractivity contribution in [3.63, 3.8) is 0 Å². The average Bonchev–Trinajstić information content (AvgIpc) is 2.49. The zero-order chi connectivity index (χ0) is 14.5. The zero-order valence-corrected chi connectivity index (χ0v) is 13.5. The number of carbonyl (C=O) groups is 1. The highest BCUT2D eigenvalue weighted by Gasteiger charge is 2.11. The fraction of sp³-hybridized carbons (Fsp3) is 0.188. The number of halogens is 2. The highest BCUT2D eigenvalue weighted by molar-refractivity contribution is 9.08. The molecular weight excluding hydrogens is 338 g/mol. The van der Waals surface area contributed by atoms with Crippen molar-refractivity contribution in [1.29, 1.82) is 0 Å². The summed E-state index contributed by atoms with van der Waals surface area (Å²) in [5.74, 6) is 0.0149. The summed E-state index contributed by atoms with van der Waals surface area (Å²) in [5.41, 5.74) is 2.91. The van der Waals surface area contributed by atoms with Gasteiger partial charge >= 0.3 is 0 Å². The summed E-state index contributed by atoms with van der Waals surface area (Å²) in [5, 5.41) is 1.50. The maximum atomic E-state index is 12.3. The fourth-order valence-electron chi connectivity index (χ4n) is 1.89. The lowest BCUT2D eigenvalue weighted by Crippen LogP contribution is -2.26. The lowest BCUT2D eigenvalue weighted by Gasteiger charge is -2.17. The normalized spacial score (nSPS) is 10.3. The first-order valence-electron chi connectivity index (χ1n) is 6.25. The number of nitrogens with zero attached hydrogens (tertiary/aromatic N) is 1. The van der Waals surface area contributed by atoms with Crippen molar-refractivity contribution in [3.05, 3.63) is 70.2 Å². The van der Waals surface area contributed by atoms with Crippen LogP contribution in [0, 0.1) is 0 Å². The number of benzene rings is 2. The summed E-state index contributed by atoms with van der Waals surface area (Å²) in [6.45, 7) is 0.566. The standard InChI is InChI=1S/C16H15BrClNO/c1-19(11-13-4-8-15(18)9-5-13)16(20)14-6-2-12(10-17)3-7-14/h2-9H,10-11H2,1H3. The molecule has 4 heteroatoms. The van der Waals surface area contributed by atoms with Gasteiger partial charge in [0.1, 0.15) is 0 Å². The van der Waals surface area contributed by atoms with Gasteiger partial charge in [0, 0.05) is 29.5 Å². The van der Waals surface area contributed by atoms with E-state index < -0.39 is 0 Å². The average molecular weight is 353 g/mol. The molecule has 0 saturated heterocycles. The van der Waals surface area contributed by atoms with E-state index in [1.165, 1.54) is 0 Å². The molecule has 0 unspecified atom stereocenters.